The molecule has 0 aliphatic heterocycles. The Morgan fingerprint density at radius 2 is 2.00 bits per heavy atom. The van der Waals surface area contributed by atoms with Crippen molar-refractivity contribution >= 4 is 0 Å². The molecule has 3 heteroatoms. The summed E-state index contributed by atoms with van der Waals surface area (Å²) in [4.78, 5) is 2.19. The molecule has 0 radical (unpaired) electrons. The maximum atomic E-state index is 5.55. The van der Waals surface area contributed by atoms with E-state index in [1.54, 1.807) is 6.26 Å². The van der Waals surface area contributed by atoms with Crippen LogP contribution < -0.4 is 5.32 Å². The van der Waals surface area contributed by atoms with E-state index in [0.29, 0.717) is 0 Å². The van der Waals surface area contributed by atoms with Crippen LogP contribution in [0, 0.1) is 0 Å². The molecular weight excluding hydrogens is 260 g/mol. The van der Waals surface area contributed by atoms with Gasteiger partial charge in [0.05, 0.1) is 12.3 Å². The summed E-state index contributed by atoms with van der Waals surface area (Å²) in [5, 5.41) is 3.59. The third-order valence-corrected chi connectivity index (χ3v) is 4.22. The van der Waals surface area contributed by atoms with E-state index >= 15 is 0 Å². The first-order valence-electron chi connectivity index (χ1n) is 7.74. The zero-order chi connectivity index (χ0) is 14.7. The predicted molar refractivity (Wildman–Crippen MR) is 85.3 cm³/mol. The molecule has 1 aliphatic rings. The van der Waals surface area contributed by atoms with E-state index in [9.17, 15) is 0 Å². The number of hydrogen-bond acceptors (Lipinski definition) is 3. The second kappa shape index (κ2) is 6.46. The van der Waals surface area contributed by atoms with E-state index in [0.717, 1.165) is 24.8 Å². The minimum Gasteiger partial charge on any atom is -0.468 e. The molecule has 112 valence electrons. The van der Waals surface area contributed by atoms with E-state index in [1.165, 1.54) is 24.0 Å². The number of furan rings is 1. The number of hydrogen-bond donors (Lipinski definition) is 1. The Labute approximate surface area is 127 Å². The normalized spacial score (nSPS) is 16.3. The zero-order valence-electron chi connectivity index (χ0n) is 12.9. The van der Waals surface area contributed by atoms with E-state index in [2.05, 4.69) is 48.6 Å². The molecule has 0 amide bonds. The number of nitrogens with zero attached hydrogens (tertiary/aromatic N) is 1. The molecule has 1 saturated carbocycles. The molecule has 1 aromatic carbocycles. The maximum Gasteiger partial charge on any atom is 0.122 e. The first kappa shape index (κ1) is 14.4. The summed E-state index contributed by atoms with van der Waals surface area (Å²) in [5.41, 5.74) is 2.97. The molecule has 1 heterocycles. The Balaban J connectivity index is 1.60. The smallest absolute Gasteiger partial charge is 0.122 e. The lowest BCUT2D eigenvalue weighted by Gasteiger charge is -2.23. The highest BCUT2D eigenvalue weighted by molar-refractivity contribution is 5.33. The summed E-state index contributed by atoms with van der Waals surface area (Å²) in [5.74, 6) is 1.82. The topological polar surface area (TPSA) is 28.4 Å². The number of likely N-dealkylation sites (N-methyl/N-ethyl adjacent to an activating group) is 1. The Morgan fingerprint density at radius 1 is 1.19 bits per heavy atom. The van der Waals surface area contributed by atoms with Gasteiger partial charge in [-0.3, -0.25) is 4.90 Å². The fourth-order valence-electron chi connectivity index (χ4n) is 2.85. The first-order valence-corrected chi connectivity index (χ1v) is 7.74. The van der Waals surface area contributed by atoms with Gasteiger partial charge in [-0.15, -0.1) is 0 Å². The largest absolute Gasteiger partial charge is 0.468 e. The van der Waals surface area contributed by atoms with E-state index in [1.807, 2.05) is 12.1 Å². The van der Waals surface area contributed by atoms with Crippen LogP contribution in [-0.2, 0) is 6.54 Å². The molecule has 1 aliphatic carbocycles. The van der Waals surface area contributed by atoms with Crippen molar-refractivity contribution in [2.24, 2.45) is 0 Å². The average Bonchev–Trinajstić information content (AvgIpc) is 3.19. The number of benzene rings is 1. The fraction of sp³-hybridized carbons (Fsp3) is 0.444. The molecule has 2 aromatic rings. The van der Waals surface area contributed by atoms with Crippen LogP contribution in [0.15, 0.2) is 47.1 Å². The zero-order valence-corrected chi connectivity index (χ0v) is 12.9. The average molecular weight is 284 g/mol. The summed E-state index contributed by atoms with van der Waals surface area (Å²) in [7, 11) is 4.18. The van der Waals surface area contributed by atoms with Gasteiger partial charge in [0, 0.05) is 13.1 Å². The number of nitrogens with one attached hydrogen (secondary N) is 1. The van der Waals surface area contributed by atoms with Crippen molar-refractivity contribution < 1.29 is 4.42 Å². The Hall–Kier alpha value is -1.58. The fourth-order valence-corrected chi connectivity index (χ4v) is 2.85. The van der Waals surface area contributed by atoms with Crippen LogP contribution in [-0.4, -0.2) is 25.5 Å². The molecule has 1 N–H and O–H groups in total. The van der Waals surface area contributed by atoms with Gasteiger partial charge in [0.1, 0.15) is 5.76 Å². The molecule has 0 spiro atoms. The van der Waals surface area contributed by atoms with Crippen molar-refractivity contribution in [2.75, 3.05) is 20.6 Å². The van der Waals surface area contributed by atoms with Crippen molar-refractivity contribution in [1.29, 1.82) is 0 Å². The van der Waals surface area contributed by atoms with Gasteiger partial charge < -0.3 is 9.73 Å². The molecule has 3 nitrogen and oxygen atoms in total. The molecule has 1 aromatic heterocycles. The van der Waals surface area contributed by atoms with Crippen LogP contribution in [0.2, 0.25) is 0 Å². The highest BCUT2D eigenvalue weighted by atomic mass is 16.3. The van der Waals surface area contributed by atoms with Gasteiger partial charge in [-0.25, -0.2) is 0 Å². The Bertz CT molecular complexity index is 558. The molecular formula is C18H24N2O. The van der Waals surface area contributed by atoms with Gasteiger partial charge >= 0.3 is 0 Å². The second-order valence-corrected chi connectivity index (χ2v) is 6.10. The van der Waals surface area contributed by atoms with Gasteiger partial charge in [0.15, 0.2) is 0 Å². The molecule has 1 fully saturated rings. The summed E-state index contributed by atoms with van der Waals surface area (Å²) in [6, 6.07) is 13.1. The molecule has 1 unspecified atom stereocenters. The molecule has 21 heavy (non-hydrogen) atoms. The van der Waals surface area contributed by atoms with Crippen LogP contribution in [0.3, 0.4) is 0 Å². The van der Waals surface area contributed by atoms with E-state index in [4.69, 9.17) is 4.42 Å². The Kier molecular flexibility index (Phi) is 4.42. The summed E-state index contributed by atoms with van der Waals surface area (Å²) in [6.45, 7) is 1.82. The lowest BCUT2D eigenvalue weighted by atomic mass is 10.0. The third-order valence-electron chi connectivity index (χ3n) is 4.22. The highest BCUT2D eigenvalue weighted by Gasteiger charge is 2.25. The molecule has 0 saturated heterocycles. The quantitative estimate of drug-likeness (QED) is 0.843. The van der Waals surface area contributed by atoms with Crippen LogP contribution in [0.25, 0.3) is 0 Å². The van der Waals surface area contributed by atoms with Crippen LogP contribution >= 0.6 is 0 Å². The van der Waals surface area contributed by atoms with Gasteiger partial charge in [0.25, 0.3) is 0 Å². The van der Waals surface area contributed by atoms with Gasteiger partial charge in [-0.1, -0.05) is 24.3 Å². The first-order chi connectivity index (χ1) is 10.3. The standard InChI is InChI=1S/C18H24N2O/c1-20(2)17(18-8-5-11-21-18)13-19-12-15-6-3-4-7-16(15)14-9-10-14/h3-8,11,14,17,19H,9-10,12-13H2,1-2H3. The second-order valence-electron chi connectivity index (χ2n) is 6.10. The van der Waals surface area contributed by atoms with Gasteiger partial charge in [-0.05, 0) is 56.1 Å². The van der Waals surface area contributed by atoms with E-state index < -0.39 is 0 Å². The van der Waals surface area contributed by atoms with Crippen molar-refractivity contribution in [3.8, 4) is 0 Å². The SMILES string of the molecule is CN(C)C(CNCc1ccccc1C1CC1)c1ccco1. The minimum absolute atomic E-state index is 0.271. The van der Waals surface area contributed by atoms with Crippen LogP contribution in [0.1, 0.15) is 41.7 Å². The van der Waals surface area contributed by atoms with Crippen molar-refractivity contribution in [3.63, 3.8) is 0 Å². The lowest BCUT2D eigenvalue weighted by Crippen LogP contribution is -2.30. The summed E-state index contributed by atoms with van der Waals surface area (Å²) in [6.07, 6.45) is 4.45. The third kappa shape index (κ3) is 3.55. The molecule has 3 rings (SSSR count). The van der Waals surface area contributed by atoms with Gasteiger partial charge in [-0.2, -0.15) is 0 Å². The van der Waals surface area contributed by atoms with Crippen LogP contribution in [0.4, 0.5) is 0 Å². The molecule has 0 bridgehead atoms. The van der Waals surface area contributed by atoms with Crippen molar-refractivity contribution in [3.05, 3.63) is 59.5 Å². The summed E-state index contributed by atoms with van der Waals surface area (Å²) >= 11 is 0. The van der Waals surface area contributed by atoms with Crippen molar-refractivity contribution in [2.45, 2.75) is 31.3 Å². The molecule has 1 atom stereocenters. The number of rotatable bonds is 7. The monoisotopic (exact) mass is 284 g/mol. The highest BCUT2D eigenvalue weighted by Crippen LogP contribution is 2.41. The van der Waals surface area contributed by atoms with Crippen LogP contribution in [0.5, 0.6) is 0 Å². The Morgan fingerprint density at radius 3 is 2.67 bits per heavy atom. The minimum atomic E-state index is 0.271. The van der Waals surface area contributed by atoms with E-state index in [-0.39, 0.29) is 6.04 Å². The lowest BCUT2D eigenvalue weighted by molar-refractivity contribution is 0.250. The maximum absolute atomic E-state index is 5.55. The summed E-state index contributed by atoms with van der Waals surface area (Å²) < 4.78 is 5.55. The van der Waals surface area contributed by atoms with Gasteiger partial charge in [0.2, 0.25) is 0 Å². The van der Waals surface area contributed by atoms with Crippen molar-refractivity contribution in [1.82, 2.24) is 10.2 Å². The predicted octanol–water partition coefficient (Wildman–Crippen LogP) is 3.55.